The van der Waals surface area contributed by atoms with E-state index >= 15 is 0 Å². The third-order valence-electron chi connectivity index (χ3n) is 4.25. The maximum Gasteiger partial charge on any atom is 0.311 e. The van der Waals surface area contributed by atoms with Crippen molar-refractivity contribution >= 4 is 5.97 Å². The minimum absolute atomic E-state index is 0.0601. The summed E-state index contributed by atoms with van der Waals surface area (Å²) in [6, 6.07) is 4.37. The lowest BCUT2D eigenvalue weighted by atomic mass is 9.72. The van der Waals surface area contributed by atoms with Gasteiger partial charge < -0.3 is 15.6 Å². The first-order valence-corrected chi connectivity index (χ1v) is 6.77. The Bertz CT molecular complexity index is 518. The van der Waals surface area contributed by atoms with Gasteiger partial charge in [0, 0.05) is 24.9 Å². The van der Waals surface area contributed by atoms with Gasteiger partial charge in [-0.3, -0.25) is 4.79 Å². The number of fused-ring (bicyclic) bond motifs is 1. The van der Waals surface area contributed by atoms with Crippen LogP contribution in [0.4, 0.5) is 4.39 Å². The zero-order chi connectivity index (χ0) is 14.9. The summed E-state index contributed by atoms with van der Waals surface area (Å²) in [5.74, 6) is -0.675. The van der Waals surface area contributed by atoms with Crippen LogP contribution in [-0.2, 0) is 11.2 Å². The van der Waals surface area contributed by atoms with E-state index in [4.69, 9.17) is 10.5 Å². The molecule has 0 aromatic heterocycles. The number of rotatable bonds is 5. The molecular formula is C15H20FNO3. The van der Waals surface area contributed by atoms with E-state index in [1.807, 2.05) is 13.8 Å². The van der Waals surface area contributed by atoms with Crippen molar-refractivity contribution in [1.29, 1.82) is 0 Å². The number of hydrogen-bond donors (Lipinski definition) is 2. The molecule has 2 atom stereocenters. The maximum atomic E-state index is 13.2. The number of hydrogen-bond acceptors (Lipinski definition) is 3. The number of aliphatic carboxylic acids is 1. The minimum Gasteiger partial charge on any atom is -0.490 e. The number of carboxylic acids is 1. The van der Waals surface area contributed by atoms with Crippen LogP contribution in [0.2, 0.25) is 0 Å². The third-order valence-corrected chi connectivity index (χ3v) is 4.25. The molecule has 4 nitrogen and oxygen atoms in total. The fraction of sp³-hybridized carbons (Fsp3) is 0.533. The van der Waals surface area contributed by atoms with E-state index in [1.165, 1.54) is 12.1 Å². The van der Waals surface area contributed by atoms with E-state index in [-0.39, 0.29) is 24.4 Å². The van der Waals surface area contributed by atoms with Crippen LogP contribution in [0.15, 0.2) is 18.2 Å². The van der Waals surface area contributed by atoms with Crippen LogP contribution < -0.4 is 10.5 Å². The summed E-state index contributed by atoms with van der Waals surface area (Å²) >= 11 is 0. The molecule has 1 aromatic carbocycles. The molecule has 0 spiro atoms. The number of halogens is 1. The van der Waals surface area contributed by atoms with Crippen LogP contribution >= 0.6 is 0 Å². The smallest absolute Gasteiger partial charge is 0.311 e. The van der Waals surface area contributed by atoms with Gasteiger partial charge in [-0.2, -0.15) is 0 Å². The number of nitrogens with two attached hydrogens (primary N) is 1. The summed E-state index contributed by atoms with van der Waals surface area (Å²) in [7, 11) is 0. The summed E-state index contributed by atoms with van der Waals surface area (Å²) in [4.78, 5) is 11.6. The van der Waals surface area contributed by atoms with Crippen molar-refractivity contribution in [2.45, 2.75) is 32.8 Å². The normalized spacial score (nSPS) is 20.4. The van der Waals surface area contributed by atoms with Gasteiger partial charge in [0.1, 0.15) is 17.7 Å². The number of carboxylic acid groups (broad SMARTS) is 1. The average molecular weight is 281 g/mol. The van der Waals surface area contributed by atoms with Crippen molar-refractivity contribution in [3.05, 3.63) is 29.6 Å². The Morgan fingerprint density at radius 2 is 2.30 bits per heavy atom. The summed E-state index contributed by atoms with van der Waals surface area (Å²) in [5.41, 5.74) is 5.50. The summed E-state index contributed by atoms with van der Waals surface area (Å²) in [6.07, 6.45) is 0.579. The lowest BCUT2D eigenvalue weighted by Gasteiger charge is -2.33. The molecule has 1 aromatic rings. The van der Waals surface area contributed by atoms with Crippen LogP contribution in [0, 0.1) is 17.2 Å². The van der Waals surface area contributed by atoms with Crippen LogP contribution in [0.25, 0.3) is 0 Å². The quantitative estimate of drug-likeness (QED) is 0.868. The fourth-order valence-electron chi connectivity index (χ4n) is 2.79. The molecule has 3 N–H and O–H groups in total. The molecule has 2 unspecified atom stereocenters. The van der Waals surface area contributed by atoms with Crippen LogP contribution in [0.1, 0.15) is 25.8 Å². The summed E-state index contributed by atoms with van der Waals surface area (Å²) in [5, 5.41) is 9.52. The van der Waals surface area contributed by atoms with Gasteiger partial charge in [0.25, 0.3) is 0 Å². The number of ether oxygens (including phenoxy) is 1. The van der Waals surface area contributed by atoms with E-state index in [0.29, 0.717) is 18.6 Å². The molecule has 0 aliphatic carbocycles. The molecule has 2 rings (SSSR count). The van der Waals surface area contributed by atoms with Gasteiger partial charge in [-0.05, 0) is 24.1 Å². The first kappa shape index (κ1) is 14.8. The van der Waals surface area contributed by atoms with Crippen molar-refractivity contribution in [1.82, 2.24) is 0 Å². The number of benzene rings is 1. The molecule has 0 fully saturated rings. The standard InChI is InChI=1S/C15H20FNO3/c1-9(2)15(8-17,14(18)19)7-12-6-10-5-11(16)3-4-13(10)20-12/h3-5,9,12H,6-8,17H2,1-2H3,(H,18,19). The van der Waals surface area contributed by atoms with E-state index in [0.717, 1.165) is 5.56 Å². The molecule has 1 aliphatic rings. The SMILES string of the molecule is CC(C)C(CN)(CC1Cc2cc(F)ccc2O1)C(=O)O. The highest BCUT2D eigenvalue weighted by molar-refractivity contribution is 5.75. The van der Waals surface area contributed by atoms with E-state index in [2.05, 4.69) is 0 Å². The molecule has 0 saturated carbocycles. The first-order valence-electron chi connectivity index (χ1n) is 6.77. The molecular weight excluding hydrogens is 261 g/mol. The Morgan fingerprint density at radius 1 is 1.60 bits per heavy atom. The first-order chi connectivity index (χ1) is 9.39. The monoisotopic (exact) mass is 281 g/mol. The highest BCUT2D eigenvalue weighted by atomic mass is 19.1. The molecule has 110 valence electrons. The third kappa shape index (κ3) is 2.50. The Hall–Kier alpha value is -1.62. The Kier molecular flexibility index (Phi) is 3.99. The molecule has 5 heteroatoms. The fourth-order valence-corrected chi connectivity index (χ4v) is 2.79. The lowest BCUT2D eigenvalue weighted by Crippen LogP contribution is -2.46. The molecule has 1 heterocycles. The second-order valence-electron chi connectivity index (χ2n) is 5.72. The van der Waals surface area contributed by atoms with Gasteiger partial charge in [-0.15, -0.1) is 0 Å². The summed E-state index contributed by atoms with van der Waals surface area (Å²) < 4.78 is 18.9. The second kappa shape index (κ2) is 5.40. The topological polar surface area (TPSA) is 72.5 Å². The van der Waals surface area contributed by atoms with Gasteiger partial charge in [0.05, 0.1) is 5.41 Å². The molecule has 0 saturated heterocycles. The highest BCUT2D eigenvalue weighted by Gasteiger charge is 2.44. The van der Waals surface area contributed by atoms with Gasteiger partial charge >= 0.3 is 5.97 Å². The Balaban J connectivity index is 2.17. The predicted octanol–water partition coefficient (Wildman–Crippen LogP) is 2.21. The average Bonchev–Trinajstić information content (AvgIpc) is 2.76. The molecule has 1 aliphatic heterocycles. The second-order valence-corrected chi connectivity index (χ2v) is 5.72. The van der Waals surface area contributed by atoms with E-state index in [1.54, 1.807) is 6.07 Å². The van der Waals surface area contributed by atoms with Crippen LogP contribution in [-0.4, -0.2) is 23.7 Å². The van der Waals surface area contributed by atoms with Gasteiger partial charge in [0.2, 0.25) is 0 Å². The molecule has 20 heavy (non-hydrogen) atoms. The van der Waals surface area contributed by atoms with Crippen molar-refractivity contribution in [3.63, 3.8) is 0 Å². The largest absolute Gasteiger partial charge is 0.490 e. The molecule has 0 bridgehead atoms. The van der Waals surface area contributed by atoms with Crippen LogP contribution in [0.5, 0.6) is 5.75 Å². The van der Waals surface area contributed by atoms with Gasteiger partial charge in [0.15, 0.2) is 0 Å². The number of carbonyl (C=O) groups is 1. The van der Waals surface area contributed by atoms with E-state index < -0.39 is 11.4 Å². The van der Waals surface area contributed by atoms with E-state index in [9.17, 15) is 14.3 Å². The Morgan fingerprint density at radius 3 is 2.85 bits per heavy atom. The minimum atomic E-state index is -1.01. The highest BCUT2D eigenvalue weighted by Crippen LogP contribution is 2.38. The van der Waals surface area contributed by atoms with Crippen molar-refractivity contribution in [3.8, 4) is 5.75 Å². The molecule has 0 amide bonds. The van der Waals surface area contributed by atoms with Gasteiger partial charge in [-0.25, -0.2) is 4.39 Å². The zero-order valence-corrected chi connectivity index (χ0v) is 11.7. The maximum absolute atomic E-state index is 13.2. The van der Waals surface area contributed by atoms with Crippen molar-refractivity contribution in [2.75, 3.05) is 6.54 Å². The lowest BCUT2D eigenvalue weighted by molar-refractivity contribution is -0.153. The van der Waals surface area contributed by atoms with Crippen molar-refractivity contribution < 1.29 is 19.0 Å². The zero-order valence-electron chi connectivity index (χ0n) is 11.7. The Labute approximate surface area is 117 Å². The van der Waals surface area contributed by atoms with Crippen LogP contribution in [0.3, 0.4) is 0 Å². The summed E-state index contributed by atoms with van der Waals surface area (Å²) in [6.45, 7) is 3.76. The van der Waals surface area contributed by atoms with Crippen molar-refractivity contribution in [2.24, 2.45) is 17.1 Å². The predicted molar refractivity (Wildman–Crippen MR) is 73.1 cm³/mol. The molecule has 0 radical (unpaired) electrons. The van der Waals surface area contributed by atoms with Gasteiger partial charge in [-0.1, -0.05) is 13.8 Å².